The highest BCUT2D eigenvalue weighted by Crippen LogP contribution is 2.44. The third-order valence-corrected chi connectivity index (χ3v) is 6.36. The van der Waals surface area contributed by atoms with Crippen molar-refractivity contribution in [3.8, 4) is 0 Å². The van der Waals surface area contributed by atoms with E-state index in [0.29, 0.717) is 18.5 Å². The van der Waals surface area contributed by atoms with Crippen LogP contribution < -0.4 is 0 Å². The van der Waals surface area contributed by atoms with Crippen molar-refractivity contribution in [3.63, 3.8) is 0 Å². The zero-order valence-corrected chi connectivity index (χ0v) is 13.1. The molecule has 0 aliphatic carbocycles. The summed E-state index contributed by atoms with van der Waals surface area (Å²) in [6.45, 7) is 0.492. The number of hydrogen-bond acceptors (Lipinski definition) is 4. The smallest absolute Gasteiger partial charge is 0.339 e. The Balaban J connectivity index is 1.70. The van der Waals surface area contributed by atoms with Crippen molar-refractivity contribution in [2.45, 2.75) is 16.9 Å². The first kappa shape index (κ1) is 14.4. The van der Waals surface area contributed by atoms with Gasteiger partial charge in [-0.3, -0.25) is 0 Å². The highest BCUT2D eigenvalue weighted by atomic mass is 32.2. The molecule has 0 saturated carbocycles. The van der Waals surface area contributed by atoms with Crippen molar-refractivity contribution < 1.29 is 17.9 Å². The number of carbonyl (C=O) groups is 1. The normalized spacial score (nSPS) is 23.9. The number of hydrogen-bond donors (Lipinski definition) is 0. The van der Waals surface area contributed by atoms with Gasteiger partial charge in [-0.2, -0.15) is 4.31 Å². The number of carbonyl (C=O) groups excluding carboxylic acids is 1. The molecule has 1 saturated heterocycles. The molecule has 4 rings (SSSR count). The molecule has 1 fully saturated rings. The van der Waals surface area contributed by atoms with Crippen molar-refractivity contribution in [1.29, 1.82) is 0 Å². The van der Waals surface area contributed by atoms with Crippen LogP contribution in [0.5, 0.6) is 0 Å². The average molecular weight is 329 g/mol. The summed E-state index contributed by atoms with van der Waals surface area (Å²) in [6.07, 6.45) is 0.474. The van der Waals surface area contributed by atoms with Gasteiger partial charge in [-0.05, 0) is 18.2 Å². The third kappa shape index (κ3) is 2.09. The largest absolute Gasteiger partial charge is 0.449 e. The average Bonchev–Trinajstić information content (AvgIpc) is 3.12. The van der Waals surface area contributed by atoms with Gasteiger partial charge in [-0.1, -0.05) is 36.4 Å². The lowest BCUT2D eigenvalue weighted by atomic mass is 9.92. The lowest BCUT2D eigenvalue weighted by molar-refractivity contribution is -0.000660. The highest BCUT2D eigenvalue weighted by Gasteiger charge is 2.52. The number of benzene rings is 2. The molecule has 1 atom stereocenters. The first-order valence-electron chi connectivity index (χ1n) is 7.41. The SMILES string of the molecule is O=C1O[C@]2(CCN(S(=O)(=O)c3ccccc3)C2)c2ccccc21. The van der Waals surface area contributed by atoms with E-state index >= 15 is 0 Å². The molecule has 0 amide bonds. The number of nitrogens with zero attached hydrogens (tertiary/aromatic N) is 1. The topological polar surface area (TPSA) is 63.7 Å². The number of sulfonamides is 1. The van der Waals surface area contributed by atoms with E-state index in [1.165, 1.54) is 4.31 Å². The Morgan fingerprint density at radius 2 is 1.70 bits per heavy atom. The summed E-state index contributed by atoms with van der Waals surface area (Å²) in [5.74, 6) is -0.375. The number of rotatable bonds is 2. The molecule has 2 aromatic carbocycles. The minimum atomic E-state index is -3.58. The van der Waals surface area contributed by atoms with Gasteiger partial charge in [-0.15, -0.1) is 0 Å². The fourth-order valence-corrected chi connectivity index (χ4v) is 4.85. The van der Waals surface area contributed by atoms with E-state index in [9.17, 15) is 13.2 Å². The molecule has 0 radical (unpaired) electrons. The maximum absolute atomic E-state index is 12.8. The molecule has 118 valence electrons. The Morgan fingerprint density at radius 1 is 1.00 bits per heavy atom. The fourth-order valence-electron chi connectivity index (χ4n) is 3.34. The Bertz CT molecular complexity index is 878. The van der Waals surface area contributed by atoms with Crippen LogP contribution in [0.15, 0.2) is 59.5 Å². The lowest BCUT2D eigenvalue weighted by Crippen LogP contribution is -2.34. The van der Waals surface area contributed by atoms with Crippen LogP contribution in [-0.4, -0.2) is 31.8 Å². The highest BCUT2D eigenvalue weighted by molar-refractivity contribution is 7.89. The van der Waals surface area contributed by atoms with E-state index in [0.717, 1.165) is 5.56 Å². The van der Waals surface area contributed by atoms with Gasteiger partial charge in [-0.25, -0.2) is 13.2 Å². The van der Waals surface area contributed by atoms with Gasteiger partial charge in [0.2, 0.25) is 10.0 Å². The quantitative estimate of drug-likeness (QED) is 0.792. The Labute approximate surface area is 134 Å². The summed E-state index contributed by atoms with van der Waals surface area (Å²) >= 11 is 0. The molecule has 2 aliphatic rings. The minimum Gasteiger partial charge on any atom is -0.449 e. The van der Waals surface area contributed by atoms with Gasteiger partial charge in [0.05, 0.1) is 17.0 Å². The summed E-state index contributed by atoms with van der Waals surface area (Å²) in [6, 6.07) is 15.5. The van der Waals surface area contributed by atoms with E-state index in [1.807, 2.05) is 12.1 Å². The lowest BCUT2D eigenvalue weighted by Gasteiger charge is -2.24. The van der Waals surface area contributed by atoms with Crippen molar-refractivity contribution in [1.82, 2.24) is 4.31 Å². The Hall–Kier alpha value is -2.18. The van der Waals surface area contributed by atoms with Crippen LogP contribution in [0.25, 0.3) is 0 Å². The first-order valence-corrected chi connectivity index (χ1v) is 8.85. The summed E-state index contributed by atoms with van der Waals surface area (Å²) in [7, 11) is -3.58. The minimum absolute atomic E-state index is 0.160. The Kier molecular flexibility index (Phi) is 3.08. The monoisotopic (exact) mass is 329 g/mol. The van der Waals surface area contributed by atoms with Crippen LogP contribution in [0.2, 0.25) is 0 Å². The maximum Gasteiger partial charge on any atom is 0.339 e. The second kappa shape index (κ2) is 4.91. The van der Waals surface area contributed by atoms with E-state index in [2.05, 4.69) is 0 Å². The van der Waals surface area contributed by atoms with E-state index in [1.54, 1.807) is 42.5 Å². The van der Waals surface area contributed by atoms with Crippen LogP contribution >= 0.6 is 0 Å². The molecular weight excluding hydrogens is 314 g/mol. The fraction of sp³-hybridized carbons (Fsp3) is 0.235. The van der Waals surface area contributed by atoms with Crippen LogP contribution in [-0.2, 0) is 20.4 Å². The van der Waals surface area contributed by atoms with Gasteiger partial charge < -0.3 is 4.74 Å². The molecule has 2 aromatic rings. The van der Waals surface area contributed by atoms with Gasteiger partial charge in [0.25, 0.3) is 0 Å². The zero-order valence-electron chi connectivity index (χ0n) is 12.3. The van der Waals surface area contributed by atoms with Crippen LogP contribution in [0.4, 0.5) is 0 Å². The first-order chi connectivity index (χ1) is 11.0. The standard InChI is InChI=1S/C17H15NO4S/c19-16-14-8-4-5-9-15(14)17(22-16)10-11-18(12-17)23(20,21)13-6-2-1-3-7-13/h1-9H,10-12H2/t17-/m0/s1. The Morgan fingerprint density at radius 3 is 2.48 bits per heavy atom. The second-order valence-electron chi connectivity index (χ2n) is 5.83. The summed E-state index contributed by atoms with van der Waals surface area (Å²) in [4.78, 5) is 12.3. The summed E-state index contributed by atoms with van der Waals surface area (Å²) in [5, 5.41) is 0. The van der Waals surface area contributed by atoms with Crippen LogP contribution in [0.1, 0.15) is 22.3 Å². The molecule has 6 heteroatoms. The number of esters is 1. The number of fused-ring (bicyclic) bond motifs is 2. The molecule has 0 aromatic heterocycles. The van der Waals surface area contributed by atoms with Gasteiger partial charge in [0.1, 0.15) is 0 Å². The van der Waals surface area contributed by atoms with E-state index in [4.69, 9.17) is 4.74 Å². The molecule has 5 nitrogen and oxygen atoms in total. The van der Waals surface area contributed by atoms with E-state index in [-0.39, 0.29) is 17.4 Å². The summed E-state index contributed by atoms with van der Waals surface area (Å²) < 4.78 is 32.5. The predicted octanol–water partition coefficient (Wildman–Crippen LogP) is 2.15. The second-order valence-corrected chi connectivity index (χ2v) is 7.77. The molecule has 2 heterocycles. The summed E-state index contributed by atoms with van der Waals surface area (Å²) in [5.41, 5.74) is 0.470. The zero-order chi connectivity index (χ0) is 16.1. The van der Waals surface area contributed by atoms with Gasteiger partial charge >= 0.3 is 5.97 Å². The molecule has 0 unspecified atom stereocenters. The molecule has 23 heavy (non-hydrogen) atoms. The van der Waals surface area contributed by atoms with Gasteiger partial charge in [0, 0.05) is 18.5 Å². The van der Waals surface area contributed by atoms with Crippen LogP contribution in [0.3, 0.4) is 0 Å². The maximum atomic E-state index is 12.8. The van der Waals surface area contributed by atoms with Crippen molar-refractivity contribution in [3.05, 3.63) is 65.7 Å². The van der Waals surface area contributed by atoms with Gasteiger partial charge in [0.15, 0.2) is 5.60 Å². The molecular formula is C17H15NO4S. The molecule has 2 aliphatic heterocycles. The molecule has 1 spiro atoms. The van der Waals surface area contributed by atoms with E-state index < -0.39 is 15.6 Å². The van der Waals surface area contributed by atoms with Crippen molar-refractivity contribution in [2.24, 2.45) is 0 Å². The predicted molar refractivity (Wildman–Crippen MR) is 83.4 cm³/mol. The van der Waals surface area contributed by atoms with Crippen molar-refractivity contribution >= 4 is 16.0 Å². The number of ether oxygens (including phenoxy) is 1. The van der Waals surface area contributed by atoms with Crippen LogP contribution in [0, 0.1) is 0 Å². The van der Waals surface area contributed by atoms with Crippen molar-refractivity contribution in [2.75, 3.05) is 13.1 Å². The molecule has 0 N–H and O–H groups in total. The molecule has 0 bridgehead atoms. The third-order valence-electron chi connectivity index (χ3n) is 4.50.